The second kappa shape index (κ2) is 7.23. The molecule has 0 atom stereocenters. The highest BCUT2D eigenvalue weighted by atomic mass is 32.2. The lowest BCUT2D eigenvalue weighted by molar-refractivity contribution is -0.118. The van der Waals surface area contributed by atoms with Crippen LogP contribution >= 0.6 is 0 Å². The number of amides is 1. The van der Waals surface area contributed by atoms with Crippen molar-refractivity contribution in [2.24, 2.45) is 0 Å². The molecule has 0 fully saturated rings. The van der Waals surface area contributed by atoms with E-state index in [9.17, 15) is 13.2 Å². The van der Waals surface area contributed by atoms with E-state index < -0.39 is 21.5 Å². The van der Waals surface area contributed by atoms with Gasteiger partial charge >= 0.3 is 0 Å². The number of unbranched alkanes of at least 4 members (excludes halogenated alkanes) is 1. The molecular weight excluding hydrogens is 216 g/mol. The van der Waals surface area contributed by atoms with Gasteiger partial charge in [0.25, 0.3) is 0 Å². The Balaban J connectivity index is 3.90. The molecule has 0 saturated heterocycles. The molecule has 0 rings (SSSR count). The van der Waals surface area contributed by atoms with Crippen molar-refractivity contribution in [3.05, 3.63) is 0 Å². The Hall–Kier alpha value is -1.09. The summed E-state index contributed by atoms with van der Waals surface area (Å²) in [6.07, 6.45) is 1.72. The zero-order valence-corrected chi connectivity index (χ0v) is 9.64. The fourth-order valence-electron chi connectivity index (χ4n) is 0.929. The minimum atomic E-state index is -3.41. The third kappa shape index (κ3) is 7.94. The standard InChI is InChI=1S/C9H16N2O3S/c1-2-3-6-11-9(12)8-15(13,14)7-4-5-10/h2-4,6-8H2,1H3,(H,11,12). The number of hydrogen-bond acceptors (Lipinski definition) is 4. The van der Waals surface area contributed by atoms with Gasteiger partial charge in [0.2, 0.25) is 5.91 Å². The van der Waals surface area contributed by atoms with Gasteiger partial charge in [-0.1, -0.05) is 13.3 Å². The molecule has 86 valence electrons. The van der Waals surface area contributed by atoms with Crippen molar-refractivity contribution in [2.75, 3.05) is 18.1 Å². The summed E-state index contributed by atoms with van der Waals surface area (Å²) >= 11 is 0. The van der Waals surface area contributed by atoms with E-state index >= 15 is 0 Å². The van der Waals surface area contributed by atoms with Gasteiger partial charge in [0.05, 0.1) is 11.8 Å². The predicted octanol–water partition coefficient (Wildman–Crippen LogP) is 0.231. The average Bonchev–Trinajstić information content (AvgIpc) is 2.14. The van der Waals surface area contributed by atoms with Crippen LogP contribution < -0.4 is 5.32 Å². The van der Waals surface area contributed by atoms with Crippen molar-refractivity contribution in [1.29, 1.82) is 5.26 Å². The molecule has 6 heteroatoms. The second-order valence-corrected chi connectivity index (χ2v) is 5.39. The fourth-order valence-corrected chi connectivity index (χ4v) is 1.98. The highest BCUT2D eigenvalue weighted by Gasteiger charge is 2.15. The zero-order chi connectivity index (χ0) is 11.7. The van der Waals surface area contributed by atoms with Gasteiger partial charge in [-0.25, -0.2) is 8.42 Å². The number of sulfone groups is 1. The van der Waals surface area contributed by atoms with Gasteiger partial charge in [0.15, 0.2) is 9.84 Å². The number of rotatable bonds is 7. The molecule has 0 saturated carbocycles. The maximum absolute atomic E-state index is 11.2. The number of nitriles is 1. The summed E-state index contributed by atoms with van der Waals surface area (Å²) in [7, 11) is -3.41. The molecule has 0 heterocycles. The lowest BCUT2D eigenvalue weighted by Gasteiger charge is -2.04. The van der Waals surface area contributed by atoms with E-state index in [1.54, 1.807) is 6.07 Å². The Morgan fingerprint density at radius 3 is 2.67 bits per heavy atom. The van der Waals surface area contributed by atoms with E-state index in [0.29, 0.717) is 6.54 Å². The first kappa shape index (κ1) is 13.9. The molecule has 1 N–H and O–H groups in total. The van der Waals surface area contributed by atoms with E-state index in [2.05, 4.69) is 5.32 Å². The Labute approximate surface area is 90.4 Å². The summed E-state index contributed by atoms with van der Waals surface area (Å²) in [5.74, 6) is -1.25. The van der Waals surface area contributed by atoms with Crippen molar-refractivity contribution in [3.63, 3.8) is 0 Å². The van der Waals surface area contributed by atoms with Crippen molar-refractivity contribution in [1.82, 2.24) is 5.32 Å². The van der Waals surface area contributed by atoms with E-state index in [1.807, 2.05) is 6.92 Å². The Kier molecular flexibility index (Phi) is 6.71. The number of nitrogens with zero attached hydrogens (tertiary/aromatic N) is 1. The minimum Gasteiger partial charge on any atom is -0.355 e. The summed E-state index contributed by atoms with van der Waals surface area (Å²) in [6, 6.07) is 1.74. The Morgan fingerprint density at radius 2 is 2.13 bits per heavy atom. The first-order valence-electron chi connectivity index (χ1n) is 4.86. The molecule has 0 aromatic rings. The molecule has 0 aromatic heterocycles. The summed E-state index contributed by atoms with van der Waals surface area (Å²) < 4.78 is 22.4. The van der Waals surface area contributed by atoms with Gasteiger partial charge in [0, 0.05) is 13.0 Å². The van der Waals surface area contributed by atoms with Crippen LogP contribution in [0.1, 0.15) is 26.2 Å². The molecule has 0 aromatic carbocycles. The fraction of sp³-hybridized carbons (Fsp3) is 0.778. The van der Waals surface area contributed by atoms with Crippen LogP contribution in [-0.2, 0) is 14.6 Å². The predicted molar refractivity (Wildman–Crippen MR) is 56.8 cm³/mol. The van der Waals surface area contributed by atoms with E-state index in [1.165, 1.54) is 0 Å². The van der Waals surface area contributed by atoms with Gasteiger partial charge in [-0.2, -0.15) is 5.26 Å². The van der Waals surface area contributed by atoms with Crippen molar-refractivity contribution in [3.8, 4) is 6.07 Å². The van der Waals surface area contributed by atoms with E-state index in [-0.39, 0.29) is 12.2 Å². The van der Waals surface area contributed by atoms with Gasteiger partial charge < -0.3 is 5.32 Å². The maximum atomic E-state index is 11.2. The van der Waals surface area contributed by atoms with Gasteiger partial charge in [-0.3, -0.25) is 4.79 Å². The Morgan fingerprint density at radius 1 is 1.47 bits per heavy atom. The van der Waals surface area contributed by atoms with Gasteiger partial charge in [0.1, 0.15) is 5.75 Å². The van der Waals surface area contributed by atoms with E-state index in [4.69, 9.17) is 5.26 Å². The molecule has 1 amide bonds. The van der Waals surface area contributed by atoms with Crippen LogP contribution in [0.25, 0.3) is 0 Å². The van der Waals surface area contributed by atoms with Crippen LogP contribution in [-0.4, -0.2) is 32.4 Å². The lowest BCUT2D eigenvalue weighted by atomic mass is 10.3. The quantitative estimate of drug-likeness (QED) is 0.636. The van der Waals surface area contributed by atoms with Crippen LogP contribution in [0.15, 0.2) is 0 Å². The van der Waals surface area contributed by atoms with Crippen LogP contribution in [0.5, 0.6) is 0 Å². The molecule has 15 heavy (non-hydrogen) atoms. The molecular formula is C9H16N2O3S. The van der Waals surface area contributed by atoms with Crippen molar-refractivity contribution >= 4 is 15.7 Å². The van der Waals surface area contributed by atoms with Crippen molar-refractivity contribution < 1.29 is 13.2 Å². The number of carbonyl (C=O) groups is 1. The zero-order valence-electron chi connectivity index (χ0n) is 8.82. The first-order valence-corrected chi connectivity index (χ1v) is 6.68. The third-order valence-electron chi connectivity index (χ3n) is 1.73. The molecule has 0 bridgehead atoms. The smallest absolute Gasteiger partial charge is 0.235 e. The number of hydrogen-bond donors (Lipinski definition) is 1. The maximum Gasteiger partial charge on any atom is 0.235 e. The lowest BCUT2D eigenvalue weighted by Crippen LogP contribution is -2.31. The van der Waals surface area contributed by atoms with E-state index in [0.717, 1.165) is 12.8 Å². The first-order chi connectivity index (χ1) is 7.02. The molecule has 0 spiro atoms. The van der Waals surface area contributed by atoms with Crippen LogP contribution in [0, 0.1) is 11.3 Å². The molecule has 0 unspecified atom stereocenters. The van der Waals surface area contributed by atoms with Crippen molar-refractivity contribution in [2.45, 2.75) is 26.2 Å². The van der Waals surface area contributed by atoms with Gasteiger partial charge in [-0.15, -0.1) is 0 Å². The second-order valence-electron chi connectivity index (χ2n) is 3.20. The summed E-state index contributed by atoms with van der Waals surface area (Å²) in [5.41, 5.74) is 0. The molecule has 0 aliphatic carbocycles. The monoisotopic (exact) mass is 232 g/mol. The largest absolute Gasteiger partial charge is 0.355 e. The molecule has 0 aliphatic heterocycles. The topological polar surface area (TPSA) is 87.0 Å². The number of nitrogens with one attached hydrogen (secondary N) is 1. The average molecular weight is 232 g/mol. The molecule has 0 aliphatic rings. The third-order valence-corrected chi connectivity index (χ3v) is 3.26. The highest BCUT2D eigenvalue weighted by molar-refractivity contribution is 7.92. The summed E-state index contributed by atoms with van der Waals surface area (Å²) in [6.45, 7) is 2.49. The van der Waals surface area contributed by atoms with Gasteiger partial charge in [-0.05, 0) is 6.42 Å². The van der Waals surface area contributed by atoms with Crippen LogP contribution in [0.3, 0.4) is 0 Å². The molecule has 0 radical (unpaired) electrons. The summed E-state index contributed by atoms with van der Waals surface area (Å²) in [4.78, 5) is 11.1. The van der Waals surface area contributed by atoms with Crippen LogP contribution in [0.2, 0.25) is 0 Å². The van der Waals surface area contributed by atoms with Crippen LogP contribution in [0.4, 0.5) is 0 Å². The highest BCUT2D eigenvalue weighted by Crippen LogP contribution is 1.93. The summed E-state index contributed by atoms with van der Waals surface area (Å²) in [5, 5.41) is 10.7. The molecule has 5 nitrogen and oxygen atoms in total. The minimum absolute atomic E-state index is 0.0649. The Bertz CT molecular complexity index is 330. The normalized spacial score (nSPS) is 10.7. The number of carbonyl (C=O) groups excluding carboxylic acids is 1. The SMILES string of the molecule is CCCCNC(=O)CS(=O)(=O)CCC#N.